The molecule has 2 aromatic rings. The second-order valence-electron chi connectivity index (χ2n) is 5.35. The molecule has 108 valence electrons. The average Bonchev–Trinajstić information content (AvgIpc) is 3.23. The van der Waals surface area contributed by atoms with E-state index in [1.807, 2.05) is 31.2 Å². The van der Waals surface area contributed by atoms with Crippen molar-refractivity contribution in [3.63, 3.8) is 0 Å². The molecule has 1 saturated carbocycles. The van der Waals surface area contributed by atoms with Gasteiger partial charge in [0, 0.05) is 31.0 Å². The molecule has 1 fully saturated rings. The number of fused-ring (bicyclic) bond motifs is 1. The van der Waals surface area contributed by atoms with Gasteiger partial charge >= 0.3 is 0 Å². The van der Waals surface area contributed by atoms with Crippen LogP contribution < -0.4 is 0 Å². The summed E-state index contributed by atoms with van der Waals surface area (Å²) in [6, 6.07) is 7.80. The van der Waals surface area contributed by atoms with Gasteiger partial charge in [0.25, 0.3) is 0 Å². The summed E-state index contributed by atoms with van der Waals surface area (Å²) in [6.45, 7) is 2.41. The number of para-hydroxylation sites is 1. The van der Waals surface area contributed by atoms with Gasteiger partial charge in [0.2, 0.25) is 10.0 Å². The molecule has 5 heteroatoms. The molecule has 1 aromatic carbocycles. The number of rotatable bonds is 5. The van der Waals surface area contributed by atoms with Crippen LogP contribution in [0.15, 0.2) is 28.7 Å². The van der Waals surface area contributed by atoms with E-state index >= 15 is 0 Å². The fraction of sp³-hybridized carbons (Fsp3) is 0.467. The van der Waals surface area contributed by atoms with Crippen molar-refractivity contribution in [2.75, 3.05) is 7.05 Å². The fourth-order valence-corrected chi connectivity index (χ4v) is 4.09. The third kappa shape index (κ3) is 2.25. The molecule has 0 spiro atoms. The first-order valence-corrected chi connectivity index (χ1v) is 8.48. The first kappa shape index (κ1) is 13.6. The Bertz CT molecular complexity index is 729. The van der Waals surface area contributed by atoms with E-state index in [-0.39, 0.29) is 5.25 Å². The van der Waals surface area contributed by atoms with Crippen LogP contribution in [-0.2, 0) is 23.0 Å². The normalized spacial score (nSPS) is 16.1. The van der Waals surface area contributed by atoms with Crippen molar-refractivity contribution >= 4 is 21.0 Å². The van der Waals surface area contributed by atoms with Crippen molar-refractivity contribution in [2.24, 2.45) is 0 Å². The van der Waals surface area contributed by atoms with Crippen molar-refractivity contribution in [2.45, 2.75) is 38.0 Å². The molecule has 0 atom stereocenters. The molecule has 3 rings (SSSR count). The number of sulfonamides is 1. The van der Waals surface area contributed by atoms with Crippen LogP contribution in [0.3, 0.4) is 0 Å². The molecule has 0 N–H and O–H groups in total. The smallest absolute Gasteiger partial charge is 0.217 e. The van der Waals surface area contributed by atoms with E-state index in [0.29, 0.717) is 6.54 Å². The summed E-state index contributed by atoms with van der Waals surface area (Å²) in [5.74, 6) is 0.879. The minimum absolute atomic E-state index is 0.171. The van der Waals surface area contributed by atoms with Gasteiger partial charge in [-0.15, -0.1) is 0 Å². The minimum atomic E-state index is -3.14. The van der Waals surface area contributed by atoms with Gasteiger partial charge in [-0.3, -0.25) is 0 Å². The van der Waals surface area contributed by atoms with Gasteiger partial charge in [-0.05, 0) is 18.9 Å². The van der Waals surface area contributed by atoms with Gasteiger partial charge in [0.1, 0.15) is 11.3 Å². The first-order chi connectivity index (χ1) is 9.54. The number of furan rings is 1. The van der Waals surface area contributed by atoms with Crippen LogP contribution in [0.2, 0.25) is 0 Å². The molecule has 0 aliphatic heterocycles. The van der Waals surface area contributed by atoms with E-state index < -0.39 is 10.0 Å². The molecular formula is C15H19NO3S. The molecule has 0 radical (unpaired) electrons. The summed E-state index contributed by atoms with van der Waals surface area (Å²) in [6.07, 6.45) is 2.35. The maximum absolute atomic E-state index is 12.3. The predicted octanol–water partition coefficient (Wildman–Crippen LogP) is 2.92. The zero-order valence-electron chi connectivity index (χ0n) is 11.8. The van der Waals surface area contributed by atoms with E-state index in [4.69, 9.17) is 4.42 Å². The lowest BCUT2D eigenvalue weighted by molar-refractivity contribution is 0.458. The number of benzene rings is 1. The highest BCUT2D eigenvalue weighted by molar-refractivity contribution is 7.90. The summed E-state index contributed by atoms with van der Waals surface area (Å²) < 4.78 is 31.8. The van der Waals surface area contributed by atoms with E-state index in [9.17, 15) is 8.42 Å². The standard InChI is InChI=1S/C15H19NO3S/c1-3-14-13(12-6-4-5-7-15(12)19-14)10-16(2)20(17,18)11-8-9-11/h4-7,11H,3,8-10H2,1-2H3. The van der Waals surface area contributed by atoms with Gasteiger partial charge in [0.05, 0.1) is 5.25 Å². The largest absolute Gasteiger partial charge is 0.461 e. The molecule has 4 nitrogen and oxygen atoms in total. The van der Waals surface area contributed by atoms with Crippen LogP contribution in [-0.4, -0.2) is 25.0 Å². The Kier molecular flexibility index (Phi) is 3.34. The third-order valence-electron chi connectivity index (χ3n) is 3.86. The van der Waals surface area contributed by atoms with Crippen LogP contribution in [0.4, 0.5) is 0 Å². The summed E-state index contributed by atoms with van der Waals surface area (Å²) >= 11 is 0. The molecule has 0 unspecified atom stereocenters. The topological polar surface area (TPSA) is 50.5 Å². The number of nitrogens with zero attached hydrogens (tertiary/aromatic N) is 1. The lowest BCUT2D eigenvalue weighted by Crippen LogP contribution is -2.29. The van der Waals surface area contributed by atoms with E-state index in [1.54, 1.807) is 7.05 Å². The molecular weight excluding hydrogens is 274 g/mol. The Balaban J connectivity index is 1.97. The van der Waals surface area contributed by atoms with E-state index in [1.165, 1.54) is 4.31 Å². The maximum Gasteiger partial charge on any atom is 0.217 e. The summed E-state index contributed by atoms with van der Waals surface area (Å²) in [4.78, 5) is 0. The van der Waals surface area contributed by atoms with Crippen LogP contribution in [0, 0.1) is 0 Å². The fourth-order valence-electron chi connectivity index (χ4n) is 2.54. The molecule has 0 saturated heterocycles. The van der Waals surface area contributed by atoms with Crippen LogP contribution in [0.5, 0.6) is 0 Å². The van der Waals surface area contributed by atoms with Gasteiger partial charge in [-0.2, -0.15) is 0 Å². The second-order valence-corrected chi connectivity index (χ2v) is 7.67. The Morgan fingerprint density at radius 1 is 1.30 bits per heavy atom. The van der Waals surface area contributed by atoms with E-state index in [0.717, 1.165) is 41.6 Å². The molecule has 1 aromatic heterocycles. The summed E-state index contributed by atoms with van der Waals surface area (Å²) in [5, 5.41) is 0.845. The zero-order valence-corrected chi connectivity index (χ0v) is 12.6. The van der Waals surface area contributed by atoms with E-state index in [2.05, 4.69) is 0 Å². The summed E-state index contributed by atoms with van der Waals surface area (Å²) in [5.41, 5.74) is 1.83. The minimum Gasteiger partial charge on any atom is -0.461 e. The van der Waals surface area contributed by atoms with Crippen LogP contribution in [0.1, 0.15) is 31.1 Å². The van der Waals surface area contributed by atoms with Crippen LogP contribution >= 0.6 is 0 Å². The summed E-state index contributed by atoms with van der Waals surface area (Å²) in [7, 11) is -1.48. The van der Waals surface area contributed by atoms with Crippen molar-refractivity contribution in [3.05, 3.63) is 35.6 Å². The molecule has 20 heavy (non-hydrogen) atoms. The highest BCUT2D eigenvalue weighted by Crippen LogP contribution is 2.33. The molecule has 0 amide bonds. The monoisotopic (exact) mass is 293 g/mol. The first-order valence-electron chi connectivity index (χ1n) is 6.98. The van der Waals surface area contributed by atoms with Gasteiger partial charge < -0.3 is 4.42 Å². The van der Waals surface area contributed by atoms with Crippen LogP contribution in [0.25, 0.3) is 11.0 Å². The number of hydrogen-bond acceptors (Lipinski definition) is 3. The molecule has 1 heterocycles. The Morgan fingerprint density at radius 3 is 2.65 bits per heavy atom. The number of aryl methyl sites for hydroxylation is 1. The highest BCUT2D eigenvalue weighted by atomic mass is 32.2. The van der Waals surface area contributed by atoms with Gasteiger partial charge in [-0.25, -0.2) is 12.7 Å². The average molecular weight is 293 g/mol. The Morgan fingerprint density at radius 2 is 2.00 bits per heavy atom. The molecule has 1 aliphatic rings. The van der Waals surface area contributed by atoms with Gasteiger partial charge in [0.15, 0.2) is 0 Å². The quantitative estimate of drug-likeness (QED) is 0.851. The Hall–Kier alpha value is -1.33. The third-order valence-corrected chi connectivity index (χ3v) is 6.18. The van der Waals surface area contributed by atoms with Crippen molar-refractivity contribution in [3.8, 4) is 0 Å². The molecule has 1 aliphatic carbocycles. The number of hydrogen-bond donors (Lipinski definition) is 0. The maximum atomic E-state index is 12.3. The van der Waals surface area contributed by atoms with Gasteiger partial charge in [-0.1, -0.05) is 25.1 Å². The SMILES string of the molecule is CCc1oc2ccccc2c1CN(C)S(=O)(=O)C1CC1. The lowest BCUT2D eigenvalue weighted by atomic mass is 10.1. The predicted molar refractivity (Wildman–Crippen MR) is 79.0 cm³/mol. The molecule has 0 bridgehead atoms. The van der Waals surface area contributed by atoms with Crippen molar-refractivity contribution in [1.82, 2.24) is 4.31 Å². The lowest BCUT2D eigenvalue weighted by Gasteiger charge is -2.16. The van der Waals surface area contributed by atoms with Crippen molar-refractivity contribution in [1.29, 1.82) is 0 Å². The Labute approximate surface area is 119 Å². The zero-order chi connectivity index (χ0) is 14.3. The van der Waals surface area contributed by atoms with Crippen molar-refractivity contribution < 1.29 is 12.8 Å². The highest BCUT2D eigenvalue weighted by Gasteiger charge is 2.38. The second kappa shape index (κ2) is 4.90.